The second-order valence-electron chi connectivity index (χ2n) is 11.2. The molecule has 0 bridgehead atoms. The number of carbonyl (C=O) groups excluding carboxylic acids is 3. The van der Waals surface area contributed by atoms with Gasteiger partial charge in [0.05, 0.1) is 0 Å². The van der Waals surface area contributed by atoms with Crippen LogP contribution in [0.5, 0.6) is 0 Å². The Morgan fingerprint density at radius 2 is 1.53 bits per heavy atom. The summed E-state index contributed by atoms with van der Waals surface area (Å²) in [7, 11) is 0. The van der Waals surface area contributed by atoms with Gasteiger partial charge in [0.25, 0.3) is 5.91 Å². The van der Waals surface area contributed by atoms with E-state index in [1.165, 1.54) is 6.08 Å². The van der Waals surface area contributed by atoms with Gasteiger partial charge in [0.1, 0.15) is 0 Å². The van der Waals surface area contributed by atoms with Crippen molar-refractivity contribution in [2.75, 3.05) is 19.6 Å². The number of ether oxygens (including phenoxy) is 1. The molecule has 2 aliphatic rings. The van der Waals surface area contributed by atoms with Crippen LogP contribution in [0.1, 0.15) is 77.2 Å². The number of amides is 2. The summed E-state index contributed by atoms with van der Waals surface area (Å²) in [6.45, 7) is 5.63. The van der Waals surface area contributed by atoms with Crippen molar-refractivity contribution in [2.24, 2.45) is 5.92 Å². The van der Waals surface area contributed by atoms with Crippen molar-refractivity contribution in [3.63, 3.8) is 0 Å². The van der Waals surface area contributed by atoms with Crippen LogP contribution in [0.4, 0.5) is 0 Å². The second kappa shape index (κ2) is 18.6. The van der Waals surface area contributed by atoms with Crippen molar-refractivity contribution < 1.29 is 19.1 Å². The first kappa shape index (κ1) is 33.6. The lowest BCUT2D eigenvalue weighted by molar-refractivity contribution is -0.132. The topological polar surface area (TPSA) is 75.7 Å². The molecule has 43 heavy (non-hydrogen) atoms. The van der Waals surface area contributed by atoms with Crippen LogP contribution in [0.25, 0.3) is 0 Å². The average Bonchev–Trinajstić information content (AvgIpc) is 3.62. The van der Waals surface area contributed by atoms with Gasteiger partial charge in [-0.2, -0.15) is 0 Å². The van der Waals surface area contributed by atoms with Gasteiger partial charge in [-0.25, -0.2) is 0 Å². The van der Waals surface area contributed by atoms with E-state index in [2.05, 4.69) is 73.0 Å². The third-order valence-electron chi connectivity index (χ3n) is 7.70. The van der Waals surface area contributed by atoms with Crippen molar-refractivity contribution in [2.45, 2.75) is 77.2 Å². The van der Waals surface area contributed by atoms with Crippen LogP contribution >= 0.6 is 0 Å². The third-order valence-corrected chi connectivity index (χ3v) is 7.70. The average molecular weight is 585 g/mol. The van der Waals surface area contributed by atoms with E-state index in [9.17, 15) is 14.4 Å². The molecule has 0 spiro atoms. The van der Waals surface area contributed by atoms with Gasteiger partial charge in [0.15, 0.2) is 11.4 Å². The predicted octanol–water partition coefficient (Wildman–Crippen LogP) is 7.27. The van der Waals surface area contributed by atoms with Crippen LogP contribution in [-0.2, 0) is 24.7 Å². The molecule has 2 heterocycles. The number of allylic oxidation sites excluding steroid dienone is 10. The molecule has 1 N–H and O–H groups in total. The van der Waals surface area contributed by atoms with Crippen LogP contribution in [-0.4, -0.2) is 42.1 Å². The third kappa shape index (κ3) is 11.3. The monoisotopic (exact) mass is 584 g/mol. The molecule has 230 valence electrons. The summed E-state index contributed by atoms with van der Waals surface area (Å²) < 4.78 is 5.83. The van der Waals surface area contributed by atoms with Crippen LogP contribution in [0.15, 0.2) is 103 Å². The zero-order valence-corrected chi connectivity index (χ0v) is 25.9. The minimum absolute atomic E-state index is 0.0392. The number of likely N-dealkylation sites (tertiary alicyclic amines) is 1. The van der Waals surface area contributed by atoms with Gasteiger partial charge in [-0.1, -0.05) is 98.0 Å². The number of carbonyl (C=O) groups is 3. The van der Waals surface area contributed by atoms with Gasteiger partial charge in [0.2, 0.25) is 11.7 Å². The summed E-state index contributed by atoms with van der Waals surface area (Å²) in [5.41, 5.74) is -0.470. The largest absolute Gasteiger partial charge is 0.469 e. The van der Waals surface area contributed by atoms with E-state index in [1.54, 1.807) is 6.92 Å². The summed E-state index contributed by atoms with van der Waals surface area (Å²) in [5, 5.41) is 2.89. The molecular formula is C37H48N2O4. The Balaban J connectivity index is 1.23. The highest BCUT2D eigenvalue weighted by molar-refractivity contribution is 6.07. The standard InChI is InChI=1S/C37H48N2O4/c1-3-4-5-6-7-8-9-10-11-12-13-14-15-16-17-18-22-25-35(41)39-27-26-31(30-39)29-38-36(42)33-28-34(40)37(2,43-33)32-23-20-19-21-24-32/h4-5,7-8,10-11,13-14,16-17,19-21,23-24,28,31H,3,6,9,12,15,18,22,25-27,29-30H2,1-2H3,(H,38,42)/b5-4-,8-7-,11-10-,14-13-,17-16-/t31-,37?/m1/s1. The predicted molar refractivity (Wildman–Crippen MR) is 174 cm³/mol. The maximum atomic E-state index is 12.7. The lowest BCUT2D eigenvalue weighted by atomic mass is 9.92. The number of unbranched alkanes of at least 4 members (excludes halogenated alkanes) is 1. The fraction of sp³-hybridized carbons (Fsp3) is 0.432. The van der Waals surface area contributed by atoms with Crippen molar-refractivity contribution in [3.8, 4) is 0 Å². The van der Waals surface area contributed by atoms with Crippen molar-refractivity contribution in [1.82, 2.24) is 10.2 Å². The molecule has 1 saturated heterocycles. The number of hydrogen-bond donors (Lipinski definition) is 1. The first-order valence-electron chi connectivity index (χ1n) is 15.8. The van der Waals surface area contributed by atoms with Gasteiger partial charge in [0, 0.05) is 37.7 Å². The zero-order valence-electron chi connectivity index (χ0n) is 25.9. The Kier molecular flexibility index (Phi) is 14.5. The minimum atomic E-state index is -1.18. The Hall–Kier alpha value is -3.93. The molecule has 6 heteroatoms. The maximum absolute atomic E-state index is 12.7. The van der Waals surface area contributed by atoms with Gasteiger partial charge < -0.3 is 15.0 Å². The quantitative estimate of drug-likeness (QED) is 0.154. The summed E-state index contributed by atoms with van der Waals surface area (Å²) in [4.78, 5) is 39.9. The van der Waals surface area contributed by atoms with Crippen molar-refractivity contribution >= 4 is 17.6 Å². The molecule has 3 rings (SSSR count). The second-order valence-corrected chi connectivity index (χ2v) is 11.2. The van der Waals surface area contributed by atoms with Gasteiger partial charge in [-0.05, 0) is 64.2 Å². The summed E-state index contributed by atoms with van der Waals surface area (Å²) in [6.07, 6.45) is 31.2. The molecule has 2 amide bonds. The Morgan fingerprint density at radius 3 is 2.16 bits per heavy atom. The minimum Gasteiger partial charge on any atom is -0.469 e. The molecule has 1 aromatic carbocycles. The van der Waals surface area contributed by atoms with E-state index in [4.69, 9.17) is 4.74 Å². The Labute approximate surface area is 258 Å². The first-order valence-corrected chi connectivity index (χ1v) is 15.8. The lowest BCUT2D eigenvalue weighted by Crippen LogP contribution is -2.35. The van der Waals surface area contributed by atoms with E-state index in [0.29, 0.717) is 31.6 Å². The van der Waals surface area contributed by atoms with E-state index in [1.807, 2.05) is 35.2 Å². The number of nitrogens with one attached hydrogen (secondary N) is 1. The molecule has 0 aliphatic carbocycles. The van der Waals surface area contributed by atoms with E-state index >= 15 is 0 Å². The van der Waals surface area contributed by atoms with E-state index in [0.717, 1.165) is 51.4 Å². The molecule has 0 saturated carbocycles. The molecule has 2 atom stereocenters. The SMILES string of the molecule is CC/C=C\C/C=C\C/C=C\C/C=C\C/C=C\CCCC(=O)N1CC[C@H](CNC(=O)C2=CC(=O)C(C)(c3ccccc3)O2)C1. The Bertz CT molecular complexity index is 1220. The van der Waals surface area contributed by atoms with Crippen molar-refractivity contribution in [3.05, 3.63) is 108 Å². The van der Waals surface area contributed by atoms with Crippen LogP contribution in [0.3, 0.4) is 0 Å². The normalized spacial score (nSPS) is 20.8. The highest BCUT2D eigenvalue weighted by Gasteiger charge is 2.43. The smallest absolute Gasteiger partial charge is 0.286 e. The molecule has 0 radical (unpaired) electrons. The molecule has 1 fully saturated rings. The van der Waals surface area contributed by atoms with Crippen LogP contribution in [0.2, 0.25) is 0 Å². The van der Waals surface area contributed by atoms with Gasteiger partial charge >= 0.3 is 0 Å². The van der Waals surface area contributed by atoms with Gasteiger partial charge in [-0.15, -0.1) is 0 Å². The van der Waals surface area contributed by atoms with Crippen LogP contribution < -0.4 is 5.32 Å². The fourth-order valence-corrected chi connectivity index (χ4v) is 5.07. The van der Waals surface area contributed by atoms with Crippen LogP contribution in [0, 0.1) is 5.92 Å². The van der Waals surface area contributed by atoms with E-state index in [-0.39, 0.29) is 23.4 Å². The zero-order chi connectivity index (χ0) is 30.8. The molecule has 1 unspecified atom stereocenters. The van der Waals surface area contributed by atoms with Crippen molar-refractivity contribution in [1.29, 1.82) is 0 Å². The van der Waals surface area contributed by atoms with E-state index < -0.39 is 11.5 Å². The summed E-state index contributed by atoms with van der Waals surface area (Å²) in [5.74, 6) is -0.234. The lowest BCUT2D eigenvalue weighted by Gasteiger charge is -2.24. The molecule has 6 nitrogen and oxygen atoms in total. The number of benzene rings is 1. The number of rotatable bonds is 17. The summed E-state index contributed by atoms with van der Waals surface area (Å²) in [6, 6.07) is 9.19. The number of hydrogen-bond acceptors (Lipinski definition) is 4. The molecule has 1 aromatic rings. The number of ketones is 1. The maximum Gasteiger partial charge on any atom is 0.286 e. The summed E-state index contributed by atoms with van der Waals surface area (Å²) >= 11 is 0. The molecule has 2 aliphatic heterocycles. The molecular weight excluding hydrogens is 536 g/mol. The Morgan fingerprint density at radius 1 is 0.930 bits per heavy atom. The highest BCUT2D eigenvalue weighted by atomic mass is 16.5. The van der Waals surface area contributed by atoms with Gasteiger partial charge in [-0.3, -0.25) is 14.4 Å². The first-order chi connectivity index (χ1) is 20.9. The fourth-order valence-electron chi connectivity index (χ4n) is 5.07. The highest BCUT2D eigenvalue weighted by Crippen LogP contribution is 2.34. The number of nitrogens with zero attached hydrogens (tertiary/aromatic N) is 1. The molecule has 0 aromatic heterocycles.